The fourth-order valence-corrected chi connectivity index (χ4v) is 5.52. The van der Waals surface area contributed by atoms with E-state index in [0.717, 1.165) is 21.9 Å². The Morgan fingerprint density at radius 1 is 1.07 bits per heavy atom. The molecule has 1 aliphatic heterocycles. The lowest BCUT2D eigenvalue weighted by atomic mass is 10.0. The molecule has 0 atom stereocenters. The Morgan fingerprint density at radius 2 is 1.83 bits per heavy atom. The van der Waals surface area contributed by atoms with Crippen molar-refractivity contribution in [3.63, 3.8) is 0 Å². The van der Waals surface area contributed by atoms with E-state index in [9.17, 15) is 8.42 Å². The maximum absolute atomic E-state index is 13.6. The van der Waals surface area contributed by atoms with Crippen molar-refractivity contribution in [2.45, 2.75) is 31.1 Å². The van der Waals surface area contributed by atoms with Gasteiger partial charge in [-0.25, -0.2) is 8.42 Å². The van der Waals surface area contributed by atoms with Crippen LogP contribution in [0.25, 0.3) is 10.8 Å². The van der Waals surface area contributed by atoms with E-state index < -0.39 is 10.0 Å². The van der Waals surface area contributed by atoms with Crippen molar-refractivity contribution in [1.82, 2.24) is 4.31 Å². The molecule has 4 rings (SSSR count). The molecule has 1 aliphatic rings. The van der Waals surface area contributed by atoms with E-state index in [1.54, 1.807) is 12.1 Å². The molecule has 0 amide bonds. The highest BCUT2D eigenvalue weighted by molar-refractivity contribution is 7.89. The Bertz CT molecular complexity index is 1210. The van der Waals surface area contributed by atoms with E-state index in [0.29, 0.717) is 31.1 Å². The summed E-state index contributed by atoms with van der Waals surface area (Å²) in [6.45, 7) is 4.89. The van der Waals surface area contributed by atoms with E-state index in [1.165, 1.54) is 11.4 Å². The first kappa shape index (κ1) is 20.4. The predicted molar refractivity (Wildman–Crippen MR) is 121 cm³/mol. The highest BCUT2D eigenvalue weighted by atomic mass is 32.2. The molecule has 0 spiro atoms. The van der Waals surface area contributed by atoms with Crippen molar-refractivity contribution in [2.75, 3.05) is 20.2 Å². The summed E-state index contributed by atoms with van der Waals surface area (Å²) in [5.41, 5.74) is 2.03. The predicted octanol–water partition coefficient (Wildman–Crippen LogP) is 4.62. The molecule has 0 aliphatic carbocycles. The maximum atomic E-state index is 13.6. The SMILES string of the molecule is COc1ccc(C(C)C)cc1S(=O)(=O)N1CCN=C1Cc1cccc2ccccc12. The number of hydrogen-bond acceptors (Lipinski definition) is 4. The lowest BCUT2D eigenvalue weighted by Gasteiger charge is -2.23. The molecule has 1 heterocycles. The molecule has 0 N–H and O–H groups in total. The molecule has 5 nitrogen and oxygen atoms in total. The second-order valence-electron chi connectivity index (χ2n) is 7.76. The van der Waals surface area contributed by atoms with Gasteiger partial charge >= 0.3 is 0 Å². The minimum Gasteiger partial charge on any atom is -0.495 e. The van der Waals surface area contributed by atoms with E-state index in [4.69, 9.17) is 4.74 Å². The average Bonchev–Trinajstić information content (AvgIpc) is 3.22. The zero-order valence-electron chi connectivity index (χ0n) is 17.5. The van der Waals surface area contributed by atoms with Gasteiger partial charge in [-0.05, 0) is 39.9 Å². The van der Waals surface area contributed by atoms with Gasteiger partial charge in [-0.2, -0.15) is 0 Å². The van der Waals surface area contributed by atoms with Gasteiger partial charge in [0.1, 0.15) is 16.5 Å². The van der Waals surface area contributed by atoms with Crippen LogP contribution in [0.15, 0.2) is 70.6 Å². The summed E-state index contributed by atoms with van der Waals surface area (Å²) in [6.07, 6.45) is 0.465. The molecule has 0 bridgehead atoms. The fourth-order valence-electron chi connectivity index (χ4n) is 3.87. The third kappa shape index (κ3) is 3.67. The summed E-state index contributed by atoms with van der Waals surface area (Å²) in [7, 11) is -2.28. The van der Waals surface area contributed by atoms with Gasteiger partial charge < -0.3 is 4.74 Å². The van der Waals surface area contributed by atoms with Crippen molar-refractivity contribution < 1.29 is 13.2 Å². The summed E-state index contributed by atoms with van der Waals surface area (Å²) in [5, 5.41) is 2.25. The number of ether oxygens (including phenoxy) is 1. The van der Waals surface area contributed by atoms with Crippen LogP contribution in [-0.4, -0.2) is 38.8 Å². The summed E-state index contributed by atoms with van der Waals surface area (Å²) in [6, 6.07) is 19.6. The molecule has 3 aromatic rings. The van der Waals surface area contributed by atoms with Gasteiger partial charge in [0.2, 0.25) is 0 Å². The van der Waals surface area contributed by atoms with Crippen molar-refractivity contribution in [3.8, 4) is 5.75 Å². The Balaban J connectivity index is 1.72. The number of benzene rings is 3. The first-order valence-corrected chi connectivity index (χ1v) is 11.6. The molecule has 0 fully saturated rings. The first-order valence-electron chi connectivity index (χ1n) is 10.1. The highest BCUT2D eigenvalue weighted by Gasteiger charge is 2.33. The summed E-state index contributed by atoms with van der Waals surface area (Å²) in [5.74, 6) is 1.14. The standard InChI is InChI=1S/C24H26N2O3S/c1-17(2)19-11-12-22(29-3)23(15-19)30(27,28)26-14-13-25-24(26)16-20-9-6-8-18-7-4-5-10-21(18)20/h4-12,15,17H,13-14,16H2,1-3H3. The zero-order valence-corrected chi connectivity index (χ0v) is 18.3. The number of sulfonamides is 1. The average molecular weight is 423 g/mol. The van der Waals surface area contributed by atoms with Crippen molar-refractivity contribution in [2.24, 2.45) is 4.99 Å². The topological polar surface area (TPSA) is 59.0 Å². The van der Waals surface area contributed by atoms with E-state index in [-0.39, 0.29) is 10.8 Å². The summed E-state index contributed by atoms with van der Waals surface area (Å²) in [4.78, 5) is 4.74. The largest absolute Gasteiger partial charge is 0.495 e. The smallest absolute Gasteiger partial charge is 0.269 e. The van der Waals surface area contributed by atoms with Crippen LogP contribution in [0, 0.1) is 0 Å². The lowest BCUT2D eigenvalue weighted by molar-refractivity contribution is 0.400. The van der Waals surface area contributed by atoms with E-state index >= 15 is 0 Å². The zero-order chi connectivity index (χ0) is 21.3. The molecule has 3 aromatic carbocycles. The second-order valence-corrected chi connectivity index (χ2v) is 9.59. The van der Waals surface area contributed by atoms with Crippen molar-refractivity contribution in [3.05, 3.63) is 71.8 Å². The molecule has 0 saturated carbocycles. The Kier molecular flexibility index (Phi) is 5.52. The van der Waals surface area contributed by atoms with Crippen LogP contribution in [0.2, 0.25) is 0 Å². The van der Waals surface area contributed by atoms with Crippen LogP contribution in [0.1, 0.15) is 30.9 Å². The third-order valence-electron chi connectivity index (χ3n) is 5.54. The van der Waals surface area contributed by atoms with Crippen LogP contribution in [0.4, 0.5) is 0 Å². The van der Waals surface area contributed by atoms with Crippen molar-refractivity contribution >= 4 is 26.6 Å². The second kappa shape index (κ2) is 8.11. The monoisotopic (exact) mass is 422 g/mol. The quantitative estimate of drug-likeness (QED) is 0.582. The van der Waals surface area contributed by atoms with Gasteiger partial charge in [0.25, 0.3) is 10.0 Å². The number of hydrogen-bond donors (Lipinski definition) is 0. The Morgan fingerprint density at radius 3 is 2.60 bits per heavy atom. The molecular weight excluding hydrogens is 396 g/mol. The molecular formula is C24H26N2O3S. The number of methoxy groups -OCH3 is 1. The van der Waals surface area contributed by atoms with Crippen LogP contribution in [-0.2, 0) is 16.4 Å². The number of amidine groups is 1. The summed E-state index contributed by atoms with van der Waals surface area (Å²) < 4.78 is 34.1. The normalized spacial score (nSPS) is 14.4. The first-order chi connectivity index (χ1) is 14.4. The van der Waals surface area contributed by atoms with Crippen molar-refractivity contribution in [1.29, 1.82) is 0 Å². The summed E-state index contributed by atoms with van der Waals surface area (Å²) >= 11 is 0. The van der Waals surface area contributed by atoms with Gasteiger partial charge in [-0.1, -0.05) is 62.4 Å². The fraction of sp³-hybridized carbons (Fsp3) is 0.292. The number of fused-ring (bicyclic) bond motifs is 1. The maximum Gasteiger partial charge on any atom is 0.269 e. The molecule has 156 valence electrons. The van der Waals surface area contributed by atoms with Gasteiger partial charge in [0.15, 0.2) is 0 Å². The van der Waals surface area contributed by atoms with E-state index in [2.05, 4.69) is 23.2 Å². The Hall–Kier alpha value is -2.86. The van der Waals surface area contributed by atoms with Crippen LogP contribution >= 0.6 is 0 Å². The highest BCUT2D eigenvalue weighted by Crippen LogP contribution is 2.32. The molecule has 30 heavy (non-hydrogen) atoms. The number of rotatable bonds is 6. The number of nitrogens with zero attached hydrogens (tertiary/aromatic N) is 2. The number of aliphatic imine (C=N–C) groups is 1. The third-order valence-corrected chi connectivity index (χ3v) is 7.38. The molecule has 6 heteroatoms. The van der Waals surface area contributed by atoms with E-state index in [1.807, 2.05) is 44.2 Å². The Labute approximate surface area is 178 Å². The van der Waals surface area contributed by atoms with Crippen LogP contribution in [0.3, 0.4) is 0 Å². The molecule has 0 radical (unpaired) electrons. The molecule has 0 aromatic heterocycles. The molecule has 0 saturated heterocycles. The lowest BCUT2D eigenvalue weighted by Crippen LogP contribution is -2.35. The van der Waals surface area contributed by atoms with Crippen LogP contribution in [0.5, 0.6) is 5.75 Å². The van der Waals surface area contributed by atoms with Gasteiger partial charge in [-0.3, -0.25) is 9.30 Å². The van der Waals surface area contributed by atoms with Gasteiger partial charge in [0.05, 0.1) is 20.2 Å². The van der Waals surface area contributed by atoms with Crippen LogP contribution < -0.4 is 4.74 Å². The van der Waals surface area contributed by atoms with Gasteiger partial charge in [-0.15, -0.1) is 0 Å². The van der Waals surface area contributed by atoms with Gasteiger partial charge in [0, 0.05) is 6.42 Å². The molecule has 0 unspecified atom stereocenters. The minimum atomic E-state index is -3.78. The minimum absolute atomic E-state index is 0.198.